The van der Waals surface area contributed by atoms with Crippen LogP contribution in [0.2, 0.25) is 0 Å². The standard InChI is InChI=1S/C21H32N3O5/c1-14(2)19(20(26)22-15(3)4)24-18(25)10-11-28-12-13-29-21(27)23-17-8-6-16(5)7-9-17/h6-9,14-15,19H,5,10-13H2,1-4H3,(H,22,26)(H,23,27)(H,24,25)/t19-/m0/s1. The quantitative estimate of drug-likeness (QED) is 0.490. The van der Waals surface area contributed by atoms with Crippen molar-refractivity contribution in [2.45, 2.75) is 46.2 Å². The lowest BCUT2D eigenvalue weighted by Gasteiger charge is -2.23. The summed E-state index contributed by atoms with van der Waals surface area (Å²) >= 11 is 0. The van der Waals surface area contributed by atoms with Gasteiger partial charge in [0.1, 0.15) is 12.6 Å². The normalized spacial score (nSPS) is 11.8. The first-order valence-corrected chi connectivity index (χ1v) is 9.72. The molecule has 0 aliphatic carbocycles. The fraction of sp³-hybridized carbons (Fsp3) is 0.524. The molecule has 3 N–H and O–H groups in total. The number of carbonyl (C=O) groups is 3. The lowest BCUT2D eigenvalue weighted by molar-refractivity contribution is -0.130. The molecule has 1 rings (SSSR count). The lowest BCUT2D eigenvalue weighted by atomic mass is 10.0. The van der Waals surface area contributed by atoms with Crippen molar-refractivity contribution in [3.05, 3.63) is 36.8 Å². The molecule has 1 aromatic rings. The molecule has 29 heavy (non-hydrogen) atoms. The van der Waals surface area contributed by atoms with Gasteiger partial charge in [-0.25, -0.2) is 4.79 Å². The summed E-state index contributed by atoms with van der Waals surface area (Å²) < 4.78 is 10.3. The molecule has 1 aromatic carbocycles. The number of amides is 3. The number of benzene rings is 1. The number of hydrogen-bond donors (Lipinski definition) is 3. The second-order valence-electron chi connectivity index (χ2n) is 7.27. The SMILES string of the molecule is [CH2]c1ccc(NC(=O)OCCOCCC(=O)N[C@H](C(=O)NC(C)C)C(C)C)cc1. The van der Waals surface area contributed by atoms with Crippen LogP contribution in [0.3, 0.4) is 0 Å². The van der Waals surface area contributed by atoms with Crippen molar-refractivity contribution in [3.8, 4) is 0 Å². The average molecular weight is 407 g/mol. The van der Waals surface area contributed by atoms with Gasteiger partial charge in [-0.1, -0.05) is 26.0 Å². The van der Waals surface area contributed by atoms with Crippen LogP contribution in [0.25, 0.3) is 0 Å². The third-order valence-corrected chi connectivity index (χ3v) is 3.83. The van der Waals surface area contributed by atoms with Crippen LogP contribution in [0.15, 0.2) is 24.3 Å². The molecule has 1 atom stereocenters. The highest BCUT2D eigenvalue weighted by molar-refractivity contribution is 5.88. The molecule has 0 aliphatic heterocycles. The number of hydrogen-bond acceptors (Lipinski definition) is 5. The number of carbonyl (C=O) groups excluding carboxylic acids is 3. The minimum absolute atomic E-state index is 0.00389. The Morgan fingerprint density at radius 2 is 1.62 bits per heavy atom. The van der Waals surface area contributed by atoms with Crippen LogP contribution in [0.5, 0.6) is 0 Å². The van der Waals surface area contributed by atoms with E-state index in [1.807, 2.05) is 27.7 Å². The number of rotatable bonds is 11. The first kappa shape index (κ1) is 24.4. The van der Waals surface area contributed by atoms with Crippen molar-refractivity contribution in [1.29, 1.82) is 0 Å². The summed E-state index contributed by atoms with van der Waals surface area (Å²) in [4.78, 5) is 35.8. The van der Waals surface area contributed by atoms with Gasteiger partial charge >= 0.3 is 6.09 Å². The number of ether oxygens (including phenoxy) is 2. The Kier molecular flexibility index (Phi) is 10.8. The first-order valence-electron chi connectivity index (χ1n) is 9.72. The van der Waals surface area contributed by atoms with Gasteiger partial charge in [-0.15, -0.1) is 0 Å². The summed E-state index contributed by atoms with van der Waals surface area (Å²) in [5.41, 5.74) is 1.46. The summed E-state index contributed by atoms with van der Waals surface area (Å²) in [5, 5.41) is 8.12. The van der Waals surface area contributed by atoms with E-state index in [9.17, 15) is 14.4 Å². The zero-order valence-electron chi connectivity index (χ0n) is 17.6. The maximum absolute atomic E-state index is 12.1. The Bertz CT molecular complexity index is 659. The molecule has 1 radical (unpaired) electrons. The molecule has 0 spiro atoms. The van der Waals surface area contributed by atoms with Gasteiger partial charge in [-0.05, 0) is 44.4 Å². The maximum Gasteiger partial charge on any atom is 0.411 e. The molecule has 0 bridgehead atoms. The first-order chi connectivity index (χ1) is 13.7. The fourth-order valence-electron chi connectivity index (χ4n) is 2.36. The zero-order valence-corrected chi connectivity index (χ0v) is 17.6. The van der Waals surface area contributed by atoms with E-state index in [4.69, 9.17) is 9.47 Å². The van der Waals surface area contributed by atoms with Crippen molar-refractivity contribution in [1.82, 2.24) is 10.6 Å². The van der Waals surface area contributed by atoms with E-state index >= 15 is 0 Å². The van der Waals surface area contributed by atoms with E-state index < -0.39 is 12.1 Å². The van der Waals surface area contributed by atoms with E-state index in [-0.39, 0.29) is 50.0 Å². The molecule has 0 saturated heterocycles. The smallest absolute Gasteiger partial charge is 0.411 e. The van der Waals surface area contributed by atoms with Crippen molar-refractivity contribution in [2.75, 3.05) is 25.1 Å². The molecule has 0 aromatic heterocycles. The molecule has 8 heteroatoms. The molecule has 3 amide bonds. The third-order valence-electron chi connectivity index (χ3n) is 3.83. The summed E-state index contributed by atoms with van der Waals surface area (Å²) in [7, 11) is 0. The minimum atomic E-state index is -0.588. The molecule has 161 valence electrons. The van der Waals surface area contributed by atoms with Crippen LogP contribution in [0, 0.1) is 12.8 Å². The Morgan fingerprint density at radius 1 is 0.966 bits per heavy atom. The summed E-state index contributed by atoms with van der Waals surface area (Å²) in [6.07, 6.45) is -0.471. The Morgan fingerprint density at radius 3 is 2.21 bits per heavy atom. The van der Waals surface area contributed by atoms with Gasteiger partial charge < -0.3 is 20.1 Å². The Hall–Kier alpha value is -2.61. The Labute approximate surface area is 172 Å². The van der Waals surface area contributed by atoms with Crippen molar-refractivity contribution < 1.29 is 23.9 Å². The van der Waals surface area contributed by atoms with Crippen LogP contribution in [0.4, 0.5) is 10.5 Å². The highest BCUT2D eigenvalue weighted by atomic mass is 16.6. The minimum Gasteiger partial charge on any atom is -0.447 e. The summed E-state index contributed by atoms with van der Waals surface area (Å²) in [6, 6.07) is 6.42. The molecule has 0 unspecified atom stereocenters. The van der Waals surface area contributed by atoms with Crippen LogP contribution in [-0.2, 0) is 19.1 Å². The molecular weight excluding hydrogens is 374 g/mol. The van der Waals surface area contributed by atoms with Gasteiger partial charge in [-0.2, -0.15) is 0 Å². The van der Waals surface area contributed by atoms with Crippen molar-refractivity contribution in [3.63, 3.8) is 0 Å². The van der Waals surface area contributed by atoms with Gasteiger partial charge in [0.25, 0.3) is 0 Å². The van der Waals surface area contributed by atoms with Crippen LogP contribution in [-0.4, -0.2) is 49.8 Å². The average Bonchev–Trinajstić information content (AvgIpc) is 2.63. The molecule has 0 aliphatic rings. The molecule has 8 nitrogen and oxygen atoms in total. The van der Waals surface area contributed by atoms with Crippen molar-refractivity contribution in [2.24, 2.45) is 5.92 Å². The van der Waals surface area contributed by atoms with Gasteiger partial charge in [0, 0.05) is 18.2 Å². The van der Waals surface area contributed by atoms with Gasteiger partial charge in [0.15, 0.2) is 0 Å². The van der Waals surface area contributed by atoms with Gasteiger partial charge in [-0.3, -0.25) is 14.9 Å². The molecule has 0 fully saturated rings. The third kappa shape index (κ3) is 10.5. The fourth-order valence-corrected chi connectivity index (χ4v) is 2.36. The monoisotopic (exact) mass is 406 g/mol. The van der Waals surface area contributed by atoms with E-state index in [0.717, 1.165) is 5.56 Å². The highest BCUT2D eigenvalue weighted by Crippen LogP contribution is 2.08. The Balaban J connectivity index is 2.19. The van der Waals surface area contributed by atoms with Crippen LogP contribution >= 0.6 is 0 Å². The van der Waals surface area contributed by atoms with E-state index in [2.05, 4.69) is 22.9 Å². The van der Waals surface area contributed by atoms with E-state index in [0.29, 0.717) is 5.69 Å². The predicted octanol–water partition coefficient (Wildman–Crippen LogP) is 2.49. The summed E-state index contributed by atoms with van der Waals surface area (Å²) in [6.45, 7) is 11.6. The van der Waals surface area contributed by atoms with Gasteiger partial charge in [0.2, 0.25) is 11.8 Å². The molecule has 0 saturated carbocycles. The zero-order chi connectivity index (χ0) is 21.8. The largest absolute Gasteiger partial charge is 0.447 e. The van der Waals surface area contributed by atoms with E-state index in [1.54, 1.807) is 24.3 Å². The molecule has 0 heterocycles. The molecular formula is C21H32N3O5. The maximum atomic E-state index is 12.1. The van der Waals surface area contributed by atoms with E-state index in [1.165, 1.54) is 0 Å². The highest BCUT2D eigenvalue weighted by Gasteiger charge is 2.24. The topological polar surface area (TPSA) is 106 Å². The number of nitrogens with one attached hydrogen (secondary N) is 3. The number of anilines is 1. The van der Waals surface area contributed by atoms with Crippen molar-refractivity contribution >= 4 is 23.6 Å². The van der Waals surface area contributed by atoms with Crippen LogP contribution in [0.1, 0.15) is 39.7 Å². The van der Waals surface area contributed by atoms with Gasteiger partial charge in [0.05, 0.1) is 13.2 Å². The summed E-state index contributed by atoms with van der Waals surface area (Å²) in [5.74, 6) is -0.501. The second-order valence-corrected chi connectivity index (χ2v) is 7.27. The second kappa shape index (κ2) is 12.8. The van der Waals surface area contributed by atoms with Crippen LogP contribution < -0.4 is 16.0 Å². The predicted molar refractivity (Wildman–Crippen MR) is 111 cm³/mol. The lowest BCUT2D eigenvalue weighted by Crippen LogP contribution is -2.51.